The van der Waals surface area contributed by atoms with E-state index in [9.17, 15) is 4.79 Å². The van der Waals surface area contributed by atoms with Crippen molar-refractivity contribution in [2.75, 3.05) is 5.32 Å². The molecule has 0 saturated heterocycles. The van der Waals surface area contributed by atoms with E-state index in [1.54, 1.807) is 18.3 Å². The molecule has 0 fully saturated rings. The highest BCUT2D eigenvalue weighted by Gasteiger charge is 2.08. The van der Waals surface area contributed by atoms with E-state index in [4.69, 9.17) is 0 Å². The summed E-state index contributed by atoms with van der Waals surface area (Å²) in [6.07, 6.45) is 3.49. The highest BCUT2D eigenvalue weighted by molar-refractivity contribution is 9.10. The summed E-state index contributed by atoms with van der Waals surface area (Å²) < 4.78 is 2.69. The van der Waals surface area contributed by atoms with Crippen molar-refractivity contribution in [3.63, 3.8) is 0 Å². The molecule has 23 heavy (non-hydrogen) atoms. The lowest BCUT2D eigenvalue weighted by molar-refractivity contribution is 0.102. The molecule has 116 valence electrons. The Bertz CT molecular complexity index is 842. The highest BCUT2D eigenvalue weighted by Crippen LogP contribution is 2.14. The average molecular weight is 370 g/mol. The van der Waals surface area contributed by atoms with E-state index in [2.05, 4.69) is 51.5 Å². The van der Waals surface area contributed by atoms with E-state index in [0.29, 0.717) is 17.8 Å². The first-order valence-electron chi connectivity index (χ1n) is 7.25. The number of anilines is 1. The van der Waals surface area contributed by atoms with Crippen molar-refractivity contribution < 1.29 is 4.79 Å². The van der Waals surface area contributed by atoms with Gasteiger partial charge in [0.15, 0.2) is 0 Å². The Morgan fingerprint density at radius 2 is 2.04 bits per heavy atom. The minimum absolute atomic E-state index is 0.151. The average Bonchev–Trinajstić information content (AvgIpc) is 2.94. The summed E-state index contributed by atoms with van der Waals surface area (Å²) in [6.45, 7) is 2.74. The third-order valence-corrected chi connectivity index (χ3v) is 3.90. The van der Waals surface area contributed by atoms with Crippen LogP contribution in [0.2, 0.25) is 0 Å². The number of aromatic nitrogens is 2. The minimum Gasteiger partial charge on any atom is -0.319 e. The van der Waals surface area contributed by atoms with Gasteiger partial charge < -0.3 is 5.32 Å². The number of carbonyl (C=O) groups excluding carboxylic acids is 1. The maximum atomic E-state index is 12.2. The Morgan fingerprint density at radius 1 is 1.22 bits per heavy atom. The fourth-order valence-corrected chi connectivity index (χ4v) is 2.74. The van der Waals surface area contributed by atoms with Crippen LogP contribution in [0.4, 0.5) is 5.69 Å². The predicted octanol–water partition coefficient (Wildman–Crippen LogP) is 4.25. The first kappa shape index (κ1) is 15.5. The van der Waals surface area contributed by atoms with Gasteiger partial charge in [-0.15, -0.1) is 0 Å². The topological polar surface area (TPSA) is 46.9 Å². The van der Waals surface area contributed by atoms with Gasteiger partial charge >= 0.3 is 0 Å². The summed E-state index contributed by atoms with van der Waals surface area (Å²) in [5.74, 6) is -0.151. The Labute approximate surface area is 143 Å². The quantitative estimate of drug-likeness (QED) is 0.746. The Kier molecular flexibility index (Phi) is 4.57. The molecule has 0 aliphatic carbocycles. The summed E-state index contributed by atoms with van der Waals surface area (Å²) >= 11 is 3.37. The Balaban J connectivity index is 1.68. The number of benzene rings is 2. The Hall–Kier alpha value is -2.40. The largest absolute Gasteiger partial charge is 0.319 e. The van der Waals surface area contributed by atoms with Crippen molar-refractivity contribution in [2.24, 2.45) is 0 Å². The van der Waals surface area contributed by atoms with Gasteiger partial charge in [-0.1, -0.05) is 51.8 Å². The number of rotatable bonds is 4. The van der Waals surface area contributed by atoms with Gasteiger partial charge in [-0.05, 0) is 30.7 Å². The Morgan fingerprint density at radius 3 is 2.83 bits per heavy atom. The molecule has 0 aliphatic heterocycles. The molecule has 0 aliphatic rings. The normalized spacial score (nSPS) is 10.5. The van der Waals surface area contributed by atoms with Gasteiger partial charge in [0, 0.05) is 16.2 Å². The number of amides is 1. The second kappa shape index (κ2) is 6.79. The summed E-state index contributed by atoms with van der Waals surface area (Å²) in [5, 5.41) is 7.16. The van der Waals surface area contributed by atoms with Crippen molar-refractivity contribution in [3.05, 3.63) is 82.1 Å². The van der Waals surface area contributed by atoms with Gasteiger partial charge in [0.05, 0.1) is 18.4 Å². The SMILES string of the molecule is Cc1cccc(Cn2cc(NC(=O)c3cccc(Br)c3)cn2)c1. The highest BCUT2D eigenvalue weighted by atomic mass is 79.9. The molecule has 1 amide bonds. The molecular weight excluding hydrogens is 354 g/mol. The number of carbonyl (C=O) groups is 1. The van der Waals surface area contributed by atoms with Crippen molar-refractivity contribution in [3.8, 4) is 0 Å². The summed E-state index contributed by atoms with van der Waals surface area (Å²) in [5.41, 5.74) is 3.68. The van der Waals surface area contributed by atoms with Gasteiger partial charge in [-0.2, -0.15) is 5.10 Å². The van der Waals surface area contributed by atoms with Gasteiger partial charge in [-0.25, -0.2) is 0 Å². The van der Waals surface area contributed by atoms with Crippen LogP contribution in [0.25, 0.3) is 0 Å². The first-order valence-corrected chi connectivity index (χ1v) is 8.04. The molecule has 2 aromatic carbocycles. The molecule has 1 aromatic heterocycles. The molecular formula is C18H16BrN3O. The molecule has 0 unspecified atom stereocenters. The zero-order valence-corrected chi connectivity index (χ0v) is 14.2. The predicted molar refractivity (Wildman–Crippen MR) is 94.6 cm³/mol. The smallest absolute Gasteiger partial charge is 0.255 e. The van der Waals surface area contributed by atoms with E-state index in [1.807, 2.05) is 29.1 Å². The summed E-state index contributed by atoms with van der Waals surface area (Å²) in [4.78, 5) is 12.2. The van der Waals surface area contributed by atoms with Crippen LogP contribution in [0.1, 0.15) is 21.5 Å². The third kappa shape index (κ3) is 4.07. The zero-order chi connectivity index (χ0) is 16.2. The van der Waals surface area contributed by atoms with Crippen LogP contribution in [-0.2, 0) is 6.54 Å². The minimum atomic E-state index is -0.151. The molecule has 0 bridgehead atoms. The lowest BCUT2D eigenvalue weighted by atomic mass is 10.1. The van der Waals surface area contributed by atoms with E-state index in [1.165, 1.54) is 11.1 Å². The molecule has 0 spiro atoms. The zero-order valence-electron chi connectivity index (χ0n) is 12.7. The fourth-order valence-electron chi connectivity index (χ4n) is 2.35. The lowest BCUT2D eigenvalue weighted by Gasteiger charge is -2.04. The molecule has 1 heterocycles. The molecule has 4 nitrogen and oxygen atoms in total. The molecule has 1 N–H and O–H groups in total. The molecule has 3 rings (SSSR count). The molecule has 3 aromatic rings. The van der Waals surface area contributed by atoms with Crippen molar-refractivity contribution in [1.29, 1.82) is 0 Å². The summed E-state index contributed by atoms with van der Waals surface area (Å²) in [6, 6.07) is 15.6. The number of aryl methyl sites for hydroxylation is 1. The van der Waals surface area contributed by atoms with E-state index in [0.717, 1.165) is 4.47 Å². The lowest BCUT2D eigenvalue weighted by Crippen LogP contribution is -2.11. The van der Waals surface area contributed by atoms with Crippen molar-refractivity contribution in [1.82, 2.24) is 9.78 Å². The maximum Gasteiger partial charge on any atom is 0.255 e. The molecule has 5 heteroatoms. The number of halogens is 1. The van der Waals surface area contributed by atoms with Gasteiger partial charge in [-0.3, -0.25) is 9.48 Å². The van der Waals surface area contributed by atoms with Crippen LogP contribution < -0.4 is 5.32 Å². The van der Waals surface area contributed by atoms with Gasteiger partial charge in [0.1, 0.15) is 0 Å². The van der Waals surface area contributed by atoms with E-state index >= 15 is 0 Å². The third-order valence-electron chi connectivity index (χ3n) is 3.40. The molecule has 0 radical (unpaired) electrons. The van der Waals surface area contributed by atoms with Crippen molar-refractivity contribution in [2.45, 2.75) is 13.5 Å². The second-order valence-electron chi connectivity index (χ2n) is 5.38. The van der Waals surface area contributed by atoms with Crippen LogP contribution in [0.5, 0.6) is 0 Å². The summed E-state index contributed by atoms with van der Waals surface area (Å²) in [7, 11) is 0. The number of nitrogens with zero attached hydrogens (tertiary/aromatic N) is 2. The standard InChI is InChI=1S/C18H16BrN3O/c1-13-4-2-5-14(8-13)11-22-12-17(10-20-22)21-18(23)15-6-3-7-16(19)9-15/h2-10,12H,11H2,1H3,(H,21,23). The van der Waals surface area contributed by atoms with E-state index in [-0.39, 0.29) is 5.91 Å². The van der Waals surface area contributed by atoms with Crippen LogP contribution in [-0.4, -0.2) is 15.7 Å². The molecule has 0 saturated carbocycles. The maximum absolute atomic E-state index is 12.2. The fraction of sp³-hybridized carbons (Fsp3) is 0.111. The van der Waals surface area contributed by atoms with Crippen LogP contribution in [0, 0.1) is 6.92 Å². The van der Waals surface area contributed by atoms with Crippen LogP contribution in [0.15, 0.2) is 65.4 Å². The number of hydrogen-bond donors (Lipinski definition) is 1. The van der Waals surface area contributed by atoms with E-state index < -0.39 is 0 Å². The first-order chi connectivity index (χ1) is 11.1. The van der Waals surface area contributed by atoms with Gasteiger partial charge in [0.25, 0.3) is 5.91 Å². The number of nitrogens with one attached hydrogen (secondary N) is 1. The second-order valence-corrected chi connectivity index (χ2v) is 6.30. The van der Waals surface area contributed by atoms with Crippen LogP contribution in [0.3, 0.4) is 0 Å². The van der Waals surface area contributed by atoms with Crippen LogP contribution >= 0.6 is 15.9 Å². The monoisotopic (exact) mass is 369 g/mol. The van der Waals surface area contributed by atoms with Gasteiger partial charge in [0.2, 0.25) is 0 Å². The molecule has 0 atom stereocenters. The van der Waals surface area contributed by atoms with Crippen molar-refractivity contribution >= 4 is 27.5 Å². The number of hydrogen-bond acceptors (Lipinski definition) is 2.